The summed E-state index contributed by atoms with van der Waals surface area (Å²) < 4.78 is 24.4. The van der Waals surface area contributed by atoms with Crippen molar-refractivity contribution in [1.29, 1.82) is 0 Å². The molecule has 2 aromatic carbocycles. The molecule has 0 atom stereocenters. The second-order valence-corrected chi connectivity index (χ2v) is 8.42. The van der Waals surface area contributed by atoms with Crippen LogP contribution in [0, 0.1) is 0 Å². The Hall–Kier alpha value is -1.85. The van der Waals surface area contributed by atoms with Gasteiger partial charge < -0.3 is 5.32 Å². The second kappa shape index (κ2) is 9.02. The second-order valence-electron chi connectivity index (χ2n) is 5.87. The van der Waals surface area contributed by atoms with Crippen molar-refractivity contribution in [3.63, 3.8) is 0 Å². The number of carbonyl (C=O) groups excluding carboxylic acids is 1. The van der Waals surface area contributed by atoms with E-state index in [1.54, 1.807) is 0 Å². The molecule has 1 N–H and O–H groups in total. The third-order valence-electron chi connectivity index (χ3n) is 3.83. The number of rotatable bonds is 8. The molecule has 0 aliphatic heterocycles. The maximum absolute atomic E-state index is 12.2. The number of nitrogens with one attached hydrogen (secondary N) is 1. The smallest absolute Gasteiger partial charge is 0.225 e. The molecule has 0 heterocycles. The Morgan fingerprint density at radius 1 is 1.04 bits per heavy atom. The van der Waals surface area contributed by atoms with Gasteiger partial charge in [0.15, 0.2) is 9.84 Å². The van der Waals surface area contributed by atoms with Crippen LogP contribution in [-0.2, 0) is 21.1 Å². The van der Waals surface area contributed by atoms with Crippen LogP contribution in [0.1, 0.15) is 31.7 Å². The van der Waals surface area contributed by atoms with Crippen LogP contribution in [0.4, 0.5) is 5.69 Å². The van der Waals surface area contributed by atoms with Crippen molar-refractivity contribution in [2.24, 2.45) is 0 Å². The summed E-state index contributed by atoms with van der Waals surface area (Å²) in [4.78, 5) is 12.2. The highest BCUT2D eigenvalue weighted by Gasteiger charge is 2.16. The molecule has 4 nitrogen and oxygen atoms in total. The van der Waals surface area contributed by atoms with Gasteiger partial charge in [-0.05, 0) is 54.8 Å². The molecule has 0 spiro atoms. The zero-order chi connectivity index (χ0) is 18.3. The summed E-state index contributed by atoms with van der Waals surface area (Å²) in [6.45, 7) is 2.15. The van der Waals surface area contributed by atoms with E-state index in [-0.39, 0.29) is 23.0 Å². The zero-order valence-electron chi connectivity index (χ0n) is 14.2. The van der Waals surface area contributed by atoms with E-state index in [9.17, 15) is 13.2 Å². The van der Waals surface area contributed by atoms with Crippen LogP contribution in [0.3, 0.4) is 0 Å². The Morgan fingerprint density at radius 2 is 1.68 bits per heavy atom. The predicted molar refractivity (Wildman–Crippen MR) is 102 cm³/mol. The van der Waals surface area contributed by atoms with E-state index in [1.165, 1.54) is 29.8 Å². The minimum atomic E-state index is -3.50. The van der Waals surface area contributed by atoms with Crippen molar-refractivity contribution in [2.45, 2.75) is 37.5 Å². The highest BCUT2D eigenvalue weighted by Crippen LogP contribution is 2.17. The number of anilines is 1. The first-order valence-corrected chi connectivity index (χ1v) is 10.3. The molecule has 2 rings (SSSR count). The Morgan fingerprint density at radius 3 is 2.28 bits per heavy atom. The van der Waals surface area contributed by atoms with Gasteiger partial charge in [-0.1, -0.05) is 37.1 Å². The number of unbranched alkanes of at least 4 members (excludes halogenated alkanes) is 1. The lowest BCUT2D eigenvalue weighted by atomic mass is 10.1. The Balaban J connectivity index is 1.88. The first-order valence-electron chi connectivity index (χ1n) is 8.28. The maximum atomic E-state index is 12.2. The van der Waals surface area contributed by atoms with E-state index in [2.05, 4.69) is 12.2 Å². The third-order valence-corrected chi connectivity index (χ3v) is 5.81. The van der Waals surface area contributed by atoms with Crippen LogP contribution in [-0.4, -0.2) is 20.1 Å². The summed E-state index contributed by atoms with van der Waals surface area (Å²) in [6, 6.07) is 13.6. The van der Waals surface area contributed by atoms with Crippen molar-refractivity contribution in [1.82, 2.24) is 0 Å². The van der Waals surface area contributed by atoms with Gasteiger partial charge in [0.25, 0.3) is 0 Å². The van der Waals surface area contributed by atoms with Crippen molar-refractivity contribution in [3.8, 4) is 0 Å². The van der Waals surface area contributed by atoms with Crippen LogP contribution < -0.4 is 5.32 Å². The highest BCUT2D eigenvalue weighted by atomic mass is 35.5. The minimum Gasteiger partial charge on any atom is -0.326 e. The Labute approximate surface area is 154 Å². The normalized spacial score (nSPS) is 11.3. The van der Waals surface area contributed by atoms with Gasteiger partial charge in [0.1, 0.15) is 0 Å². The largest absolute Gasteiger partial charge is 0.326 e. The molecular weight excluding hydrogens is 358 g/mol. The molecule has 0 aliphatic rings. The zero-order valence-corrected chi connectivity index (χ0v) is 15.7. The number of aryl methyl sites for hydroxylation is 1. The summed E-state index contributed by atoms with van der Waals surface area (Å²) >= 11 is 5.76. The van der Waals surface area contributed by atoms with Gasteiger partial charge in [-0.2, -0.15) is 0 Å². The van der Waals surface area contributed by atoms with Gasteiger partial charge in [-0.25, -0.2) is 8.42 Å². The molecule has 0 fully saturated rings. The fourth-order valence-corrected chi connectivity index (χ4v) is 3.71. The predicted octanol–water partition coefficient (Wildman–Crippen LogP) is 4.49. The van der Waals surface area contributed by atoms with Gasteiger partial charge in [0.2, 0.25) is 5.91 Å². The number of hydrogen-bond acceptors (Lipinski definition) is 3. The fraction of sp³-hybridized carbons (Fsp3) is 0.316. The molecule has 0 radical (unpaired) electrons. The van der Waals surface area contributed by atoms with Gasteiger partial charge in [-0.15, -0.1) is 0 Å². The lowest BCUT2D eigenvalue weighted by Gasteiger charge is -2.07. The third kappa shape index (κ3) is 6.18. The minimum absolute atomic E-state index is 0.0947. The summed E-state index contributed by atoms with van der Waals surface area (Å²) in [6.07, 6.45) is 3.20. The molecule has 1 amide bonds. The maximum Gasteiger partial charge on any atom is 0.225 e. The number of hydrogen-bond donors (Lipinski definition) is 1. The van der Waals surface area contributed by atoms with Gasteiger partial charge in [0, 0.05) is 17.1 Å². The van der Waals surface area contributed by atoms with E-state index in [1.807, 2.05) is 24.3 Å². The van der Waals surface area contributed by atoms with Crippen LogP contribution in [0.5, 0.6) is 0 Å². The Bertz CT molecular complexity index is 800. The molecule has 134 valence electrons. The fourth-order valence-electron chi connectivity index (χ4n) is 2.35. The van der Waals surface area contributed by atoms with E-state index in [4.69, 9.17) is 11.6 Å². The van der Waals surface area contributed by atoms with Crippen molar-refractivity contribution >= 4 is 33.0 Å². The van der Waals surface area contributed by atoms with E-state index < -0.39 is 9.84 Å². The Kier molecular flexibility index (Phi) is 7.02. The topological polar surface area (TPSA) is 63.2 Å². The van der Waals surface area contributed by atoms with Crippen molar-refractivity contribution in [3.05, 3.63) is 59.1 Å². The molecule has 6 heteroatoms. The van der Waals surface area contributed by atoms with E-state index >= 15 is 0 Å². The number of benzene rings is 2. The van der Waals surface area contributed by atoms with Gasteiger partial charge in [0.05, 0.1) is 10.6 Å². The van der Waals surface area contributed by atoms with E-state index in [0.717, 1.165) is 19.3 Å². The number of halogens is 1. The molecule has 0 bridgehead atoms. The quantitative estimate of drug-likeness (QED) is 0.735. The summed E-state index contributed by atoms with van der Waals surface area (Å²) in [5, 5.41) is 3.21. The van der Waals surface area contributed by atoms with Crippen LogP contribution >= 0.6 is 11.6 Å². The van der Waals surface area contributed by atoms with Crippen LogP contribution in [0.2, 0.25) is 5.02 Å². The van der Waals surface area contributed by atoms with Gasteiger partial charge in [-0.3, -0.25) is 4.79 Å². The average molecular weight is 380 g/mol. The first-order chi connectivity index (χ1) is 11.9. The van der Waals surface area contributed by atoms with Crippen molar-refractivity contribution in [2.75, 3.05) is 11.1 Å². The molecule has 0 saturated heterocycles. The molecule has 0 aromatic heterocycles. The number of sulfone groups is 1. The summed E-state index contributed by atoms with van der Waals surface area (Å²) in [5.74, 6) is -0.562. The lowest BCUT2D eigenvalue weighted by Crippen LogP contribution is -2.17. The average Bonchev–Trinajstić information content (AvgIpc) is 2.60. The molecule has 0 aliphatic carbocycles. The van der Waals surface area contributed by atoms with Crippen molar-refractivity contribution < 1.29 is 13.2 Å². The molecular formula is C19H22ClNO3S. The molecule has 0 saturated carbocycles. The number of amides is 1. The molecule has 25 heavy (non-hydrogen) atoms. The molecule has 2 aromatic rings. The highest BCUT2D eigenvalue weighted by molar-refractivity contribution is 7.91. The summed E-state index contributed by atoms with van der Waals surface area (Å²) in [5.41, 5.74) is 1.90. The monoisotopic (exact) mass is 379 g/mol. The van der Waals surface area contributed by atoms with Gasteiger partial charge >= 0.3 is 0 Å². The van der Waals surface area contributed by atoms with Crippen LogP contribution in [0.25, 0.3) is 0 Å². The molecule has 0 unspecified atom stereocenters. The first kappa shape index (κ1) is 19.5. The standard InChI is InChI=1S/C19H22ClNO3S/c1-2-3-4-15-5-9-17(10-6-15)21-19(22)13-14-25(23,24)18-11-7-16(20)8-12-18/h5-12H,2-4,13-14H2,1H3,(H,21,22). The summed E-state index contributed by atoms with van der Waals surface area (Å²) in [7, 11) is -3.50. The number of carbonyl (C=O) groups is 1. The SMILES string of the molecule is CCCCc1ccc(NC(=O)CCS(=O)(=O)c2ccc(Cl)cc2)cc1. The van der Waals surface area contributed by atoms with E-state index in [0.29, 0.717) is 10.7 Å². The van der Waals surface area contributed by atoms with Crippen LogP contribution in [0.15, 0.2) is 53.4 Å². The lowest BCUT2D eigenvalue weighted by molar-refractivity contribution is -0.115.